The van der Waals surface area contributed by atoms with Crippen molar-refractivity contribution >= 4 is 42.4 Å². The molecule has 0 unspecified atom stereocenters. The first-order chi connectivity index (χ1) is 7.58. The van der Waals surface area contributed by atoms with Gasteiger partial charge in [-0.1, -0.05) is 0 Å². The Labute approximate surface area is 125 Å². The van der Waals surface area contributed by atoms with Gasteiger partial charge in [-0.25, -0.2) is 0 Å². The molecule has 0 saturated heterocycles. The van der Waals surface area contributed by atoms with Crippen molar-refractivity contribution in [1.82, 2.24) is 4.90 Å². The Morgan fingerprint density at radius 1 is 1.33 bits per heavy atom. The van der Waals surface area contributed by atoms with Gasteiger partial charge in [0.05, 0.1) is 18.1 Å². The fourth-order valence-electron chi connectivity index (χ4n) is 1.25. The number of thioether (sulfide) groups is 1. The zero-order chi connectivity index (χ0) is 12.0. The van der Waals surface area contributed by atoms with E-state index in [1.165, 1.54) is 0 Å². The summed E-state index contributed by atoms with van der Waals surface area (Å²) in [7, 11) is 4.04. The van der Waals surface area contributed by atoms with Crippen LogP contribution in [0.25, 0.3) is 0 Å². The normalized spacial score (nSPS) is 9.72. The summed E-state index contributed by atoms with van der Waals surface area (Å²) < 4.78 is 5.65. The van der Waals surface area contributed by atoms with Crippen molar-refractivity contribution in [3.63, 3.8) is 0 Å². The predicted octanol–water partition coefficient (Wildman–Crippen LogP) is 2.74. The van der Waals surface area contributed by atoms with Crippen LogP contribution in [0.2, 0.25) is 0 Å². The lowest BCUT2D eigenvalue weighted by molar-refractivity contribution is 0.344. The Morgan fingerprint density at radius 3 is 2.50 bits per heavy atom. The lowest BCUT2D eigenvalue weighted by Gasteiger charge is -2.05. The van der Waals surface area contributed by atoms with E-state index in [0.717, 1.165) is 29.6 Å². The molecule has 0 aromatic carbocycles. The van der Waals surface area contributed by atoms with E-state index in [0.29, 0.717) is 6.42 Å². The zero-order valence-electron chi connectivity index (χ0n) is 10.6. The molecule has 18 heavy (non-hydrogen) atoms. The van der Waals surface area contributed by atoms with Crippen LogP contribution in [-0.2, 0) is 12.3 Å². The molecule has 7 heteroatoms. The summed E-state index contributed by atoms with van der Waals surface area (Å²) in [6, 6.07) is 4.03. The monoisotopic (exact) mass is 313 g/mol. The number of amidine groups is 1. The minimum absolute atomic E-state index is 0. The van der Waals surface area contributed by atoms with Gasteiger partial charge in [0, 0.05) is 12.2 Å². The summed E-state index contributed by atoms with van der Waals surface area (Å²) in [6.45, 7) is 0.831. The van der Waals surface area contributed by atoms with E-state index in [4.69, 9.17) is 15.6 Å². The summed E-state index contributed by atoms with van der Waals surface area (Å²) in [5, 5.41) is 7.09. The molecule has 4 nitrogen and oxygen atoms in total. The predicted molar refractivity (Wildman–Crippen MR) is 83.3 cm³/mol. The van der Waals surface area contributed by atoms with Gasteiger partial charge in [-0.3, -0.25) is 5.41 Å². The highest BCUT2D eigenvalue weighted by molar-refractivity contribution is 7.98. The minimum Gasteiger partial charge on any atom is -0.464 e. The average molecular weight is 314 g/mol. The largest absolute Gasteiger partial charge is 0.464 e. The Kier molecular flexibility index (Phi) is 11.7. The van der Waals surface area contributed by atoms with Crippen molar-refractivity contribution in [2.45, 2.75) is 18.7 Å². The van der Waals surface area contributed by atoms with Crippen molar-refractivity contribution in [3.8, 4) is 0 Å². The molecule has 1 aromatic heterocycles. The third kappa shape index (κ3) is 8.69. The van der Waals surface area contributed by atoms with E-state index in [9.17, 15) is 0 Å². The van der Waals surface area contributed by atoms with Gasteiger partial charge in [-0.05, 0) is 26.2 Å². The van der Waals surface area contributed by atoms with Crippen molar-refractivity contribution in [1.29, 1.82) is 5.41 Å². The lowest BCUT2D eigenvalue weighted by atomic mass is 10.4. The SMILES string of the molecule is CN(C)Cc1ccc(CSCCC(=N)N)o1.Cl.Cl. The molecule has 0 spiro atoms. The molecular weight excluding hydrogens is 293 g/mol. The lowest BCUT2D eigenvalue weighted by Crippen LogP contribution is -2.10. The van der Waals surface area contributed by atoms with Crippen molar-refractivity contribution in [2.24, 2.45) is 5.73 Å². The number of hydrogen-bond acceptors (Lipinski definition) is 4. The third-order valence-electron chi connectivity index (χ3n) is 1.95. The van der Waals surface area contributed by atoms with Gasteiger partial charge in [-0.2, -0.15) is 11.8 Å². The van der Waals surface area contributed by atoms with E-state index in [2.05, 4.69) is 4.90 Å². The van der Waals surface area contributed by atoms with Gasteiger partial charge in [0.25, 0.3) is 0 Å². The zero-order valence-corrected chi connectivity index (χ0v) is 13.1. The maximum Gasteiger partial charge on any atom is 0.118 e. The van der Waals surface area contributed by atoms with Crippen molar-refractivity contribution in [2.75, 3.05) is 19.8 Å². The van der Waals surface area contributed by atoms with Gasteiger partial charge in [0.1, 0.15) is 11.5 Å². The van der Waals surface area contributed by atoms with Crippen molar-refractivity contribution < 1.29 is 4.42 Å². The molecule has 0 amide bonds. The maximum absolute atomic E-state index is 7.09. The number of halogens is 2. The molecule has 0 aliphatic rings. The molecule has 0 aliphatic heterocycles. The van der Waals surface area contributed by atoms with Gasteiger partial charge >= 0.3 is 0 Å². The highest BCUT2D eigenvalue weighted by Gasteiger charge is 2.03. The second-order valence-electron chi connectivity index (χ2n) is 3.93. The molecule has 1 rings (SSSR count). The van der Waals surface area contributed by atoms with Gasteiger partial charge in [0.15, 0.2) is 0 Å². The molecule has 3 N–H and O–H groups in total. The maximum atomic E-state index is 7.09. The minimum atomic E-state index is 0. The summed E-state index contributed by atoms with van der Waals surface area (Å²) in [6.07, 6.45) is 0.649. The Hall–Kier alpha value is -0.360. The van der Waals surface area contributed by atoms with Crippen LogP contribution in [0.3, 0.4) is 0 Å². The smallest absolute Gasteiger partial charge is 0.118 e. The van der Waals surface area contributed by atoms with Gasteiger partial charge < -0.3 is 15.1 Å². The number of nitrogens with one attached hydrogen (secondary N) is 1. The van der Waals surface area contributed by atoms with Crippen LogP contribution in [0.15, 0.2) is 16.5 Å². The highest BCUT2D eigenvalue weighted by atomic mass is 35.5. The molecule has 0 saturated carbocycles. The van der Waals surface area contributed by atoms with Crippen LogP contribution in [0.5, 0.6) is 0 Å². The quantitative estimate of drug-likeness (QED) is 0.461. The number of nitrogens with two attached hydrogens (primary N) is 1. The molecule has 0 aliphatic carbocycles. The Bertz CT molecular complexity index is 345. The molecule has 0 atom stereocenters. The van der Waals surface area contributed by atoms with Crippen LogP contribution in [0.4, 0.5) is 0 Å². The van der Waals surface area contributed by atoms with E-state index in [1.807, 2.05) is 26.2 Å². The first kappa shape index (κ1) is 20.0. The molecular formula is C11H21Cl2N3OS. The first-order valence-electron chi connectivity index (χ1n) is 5.21. The summed E-state index contributed by atoms with van der Waals surface area (Å²) in [5.74, 6) is 3.96. The van der Waals surface area contributed by atoms with E-state index in [1.54, 1.807) is 11.8 Å². The third-order valence-corrected chi connectivity index (χ3v) is 2.93. The topological polar surface area (TPSA) is 66.2 Å². The van der Waals surface area contributed by atoms with Crippen molar-refractivity contribution in [3.05, 3.63) is 23.7 Å². The Morgan fingerprint density at radius 2 is 1.94 bits per heavy atom. The summed E-state index contributed by atoms with van der Waals surface area (Å²) >= 11 is 1.74. The fourth-order valence-corrected chi connectivity index (χ4v) is 2.12. The first-order valence-corrected chi connectivity index (χ1v) is 6.36. The van der Waals surface area contributed by atoms with Gasteiger partial charge in [0.2, 0.25) is 0 Å². The van der Waals surface area contributed by atoms with E-state index in [-0.39, 0.29) is 30.6 Å². The summed E-state index contributed by atoms with van der Waals surface area (Å²) in [5.41, 5.74) is 5.27. The van der Waals surface area contributed by atoms with Gasteiger partial charge in [-0.15, -0.1) is 24.8 Å². The number of rotatable bonds is 7. The average Bonchev–Trinajstić information content (AvgIpc) is 2.59. The molecule has 106 valence electrons. The van der Waals surface area contributed by atoms with Crippen LogP contribution in [0.1, 0.15) is 17.9 Å². The van der Waals surface area contributed by atoms with E-state index < -0.39 is 0 Å². The number of furan rings is 1. The summed E-state index contributed by atoms with van der Waals surface area (Å²) in [4.78, 5) is 2.07. The Balaban J connectivity index is 0. The molecule has 1 heterocycles. The fraction of sp³-hybridized carbons (Fsp3) is 0.545. The van der Waals surface area contributed by atoms with Crippen LogP contribution in [-0.4, -0.2) is 30.6 Å². The second kappa shape index (κ2) is 10.6. The molecule has 1 aromatic rings. The molecule has 0 radical (unpaired) electrons. The molecule has 0 bridgehead atoms. The number of nitrogens with zero attached hydrogens (tertiary/aromatic N) is 1. The van der Waals surface area contributed by atoms with Crippen LogP contribution < -0.4 is 5.73 Å². The molecule has 0 fully saturated rings. The highest BCUT2D eigenvalue weighted by Crippen LogP contribution is 2.16. The number of hydrogen-bond donors (Lipinski definition) is 2. The van der Waals surface area contributed by atoms with E-state index >= 15 is 0 Å². The standard InChI is InChI=1S/C11H19N3OS.2ClH/c1-14(2)7-9-3-4-10(15-9)8-16-6-5-11(12)13;;/h3-4H,5-8H2,1-2H3,(H3,12,13);2*1H. The van der Waals surface area contributed by atoms with Crippen LogP contribution in [0, 0.1) is 5.41 Å². The second-order valence-corrected chi connectivity index (χ2v) is 5.04. The van der Waals surface area contributed by atoms with Crippen LogP contribution >= 0.6 is 36.6 Å².